The van der Waals surface area contributed by atoms with Gasteiger partial charge in [0, 0.05) is 41.1 Å². The highest BCUT2D eigenvalue weighted by Crippen LogP contribution is 2.20. The third-order valence-electron chi connectivity index (χ3n) is 4.93. The van der Waals surface area contributed by atoms with E-state index in [4.69, 9.17) is 4.52 Å². The van der Waals surface area contributed by atoms with E-state index in [9.17, 15) is 9.59 Å². The first-order chi connectivity index (χ1) is 17.0. The van der Waals surface area contributed by atoms with E-state index in [1.807, 2.05) is 62.4 Å². The van der Waals surface area contributed by atoms with Crippen LogP contribution in [0, 0.1) is 13.8 Å². The molecule has 4 aromatic rings. The topological polar surface area (TPSA) is 123 Å². The van der Waals surface area contributed by atoms with E-state index in [-0.39, 0.29) is 18.7 Å². The average Bonchev–Trinajstić information content (AvgIpc) is 3.34. The number of nitrogens with one attached hydrogen (secondary N) is 2. The summed E-state index contributed by atoms with van der Waals surface area (Å²) in [6, 6.07) is 18.5. The molecule has 0 bridgehead atoms. The number of amides is 2. The minimum Gasteiger partial charge on any atom is -0.339 e. The quantitative estimate of drug-likeness (QED) is 0.218. The number of rotatable bonds is 8. The first kappa shape index (κ1) is 24.1. The summed E-state index contributed by atoms with van der Waals surface area (Å²) in [5, 5.41) is 4.65. The summed E-state index contributed by atoms with van der Waals surface area (Å²) in [5.74, 6) is 0.740. The molecule has 10 heteroatoms. The Morgan fingerprint density at radius 3 is 2.34 bits per heavy atom. The van der Waals surface area contributed by atoms with Gasteiger partial charge in [0.2, 0.25) is 17.6 Å². The molecule has 0 radical (unpaired) electrons. The number of thioether (sulfide) groups is 1. The van der Waals surface area contributed by atoms with E-state index in [2.05, 4.69) is 31.0 Å². The van der Waals surface area contributed by atoms with E-state index in [1.54, 1.807) is 12.1 Å². The predicted molar refractivity (Wildman–Crippen MR) is 131 cm³/mol. The number of nitrogens with zero attached hydrogens (tertiary/aromatic N) is 4. The molecule has 2 amide bonds. The molecule has 2 aromatic carbocycles. The van der Waals surface area contributed by atoms with Crippen LogP contribution in [-0.4, -0.2) is 31.9 Å². The minimum atomic E-state index is -0.403. The van der Waals surface area contributed by atoms with E-state index in [0.717, 1.165) is 27.7 Å². The van der Waals surface area contributed by atoms with Gasteiger partial charge in [-0.1, -0.05) is 59.4 Å². The molecule has 0 unspecified atom stereocenters. The number of aryl methyl sites for hydroxylation is 3. The monoisotopic (exact) mass is 488 g/mol. The first-order valence-electron chi connectivity index (χ1n) is 11.0. The van der Waals surface area contributed by atoms with Crippen LogP contribution in [0.4, 0.5) is 0 Å². The molecular formula is C25H24N6O3S. The number of carbonyl (C=O) groups is 2. The Morgan fingerprint density at radius 2 is 1.63 bits per heavy atom. The van der Waals surface area contributed by atoms with Gasteiger partial charge in [-0.3, -0.25) is 20.4 Å². The van der Waals surface area contributed by atoms with Crippen LogP contribution >= 0.6 is 11.8 Å². The van der Waals surface area contributed by atoms with Crippen molar-refractivity contribution in [2.45, 2.75) is 37.6 Å². The number of hydrogen-bond donors (Lipinski definition) is 2. The molecular weight excluding hydrogens is 464 g/mol. The molecule has 0 saturated heterocycles. The number of aromatic nitrogens is 4. The molecule has 2 N–H and O–H groups in total. The van der Waals surface area contributed by atoms with Crippen LogP contribution in [0.1, 0.15) is 39.6 Å². The first-order valence-corrected chi connectivity index (χ1v) is 12.0. The van der Waals surface area contributed by atoms with Gasteiger partial charge in [0.1, 0.15) is 0 Å². The van der Waals surface area contributed by atoms with Crippen molar-refractivity contribution >= 4 is 23.6 Å². The third kappa shape index (κ3) is 6.97. The second kappa shape index (κ2) is 11.4. The van der Waals surface area contributed by atoms with Crippen LogP contribution in [0.2, 0.25) is 0 Å². The average molecular weight is 489 g/mol. The highest BCUT2D eigenvalue weighted by atomic mass is 32.2. The second-order valence-corrected chi connectivity index (χ2v) is 8.74. The molecule has 2 heterocycles. The molecule has 0 aliphatic heterocycles. The minimum absolute atomic E-state index is 0.0906. The van der Waals surface area contributed by atoms with Crippen LogP contribution < -0.4 is 10.9 Å². The van der Waals surface area contributed by atoms with E-state index >= 15 is 0 Å². The summed E-state index contributed by atoms with van der Waals surface area (Å²) in [6.45, 7) is 3.88. The standard InChI is InChI=1S/C25H24N6O3S/c1-16-14-17(2)27-25(26-16)35-15-18-8-10-20(11-9-18)24(33)30-29-21(32)12-13-22-28-23(31-34-22)19-6-4-3-5-7-19/h3-11,14H,12-13,15H2,1-2H3,(H,29,32)(H,30,33). The zero-order valence-corrected chi connectivity index (χ0v) is 20.1. The number of hydrazine groups is 1. The van der Waals surface area contributed by atoms with Gasteiger partial charge >= 0.3 is 0 Å². The molecule has 9 nitrogen and oxygen atoms in total. The number of benzene rings is 2. The summed E-state index contributed by atoms with van der Waals surface area (Å²) in [4.78, 5) is 37.6. The van der Waals surface area contributed by atoms with Crippen molar-refractivity contribution in [1.82, 2.24) is 31.0 Å². The fraction of sp³-hybridized carbons (Fsp3) is 0.200. The zero-order chi connectivity index (χ0) is 24.6. The Morgan fingerprint density at radius 1 is 0.914 bits per heavy atom. The van der Waals surface area contributed by atoms with Crippen molar-refractivity contribution in [3.8, 4) is 11.4 Å². The lowest BCUT2D eigenvalue weighted by atomic mass is 10.1. The van der Waals surface area contributed by atoms with Gasteiger partial charge < -0.3 is 4.52 Å². The normalized spacial score (nSPS) is 10.7. The Kier molecular flexibility index (Phi) is 7.84. The van der Waals surface area contributed by atoms with Crippen LogP contribution in [0.3, 0.4) is 0 Å². The lowest BCUT2D eigenvalue weighted by Crippen LogP contribution is -2.41. The molecule has 0 aliphatic carbocycles. The van der Waals surface area contributed by atoms with Gasteiger partial charge in [-0.15, -0.1) is 0 Å². The van der Waals surface area contributed by atoms with Gasteiger partial charge in [-0.25, -0.2) is 9.97 Å². The van der Waals surface area contributed by atoms with Crippen molar-refractivity contribution in [2.75, 3.05) is 0 Å². The van der Waals surface area contributed by atoms with Gasteiger partial charge in [-0.2, -0.15) is 4.98 Å². The fourth-order valence-corrected chi connectivity index (χ4v) is 4.11. The lowest BCUT2D eigenvalue weighted by Gasteiger charge is -2.08. The molecule has 4 rings (SSSR count). The summed E-state index contributed by atoms with van der Waals surface area (Å²) in [5.41, 5.74) is 9.01. The fourth-order valence-electron chi connectivity index (χ4n) is 3.20. The number of hydrogen-bond acceptors (Lipinski definition) is 8. The van der Waals surface area contributed by atoms with Crippen LogP contribution in [0.15, 0.2) is 70.3 Å². The molecule has 0 saturated carbocycles. The van der Waals surface area contributed by atoms with E-state index in [1.165, 1.54) is 11.8 Å². The SMILES string of the molecule is Cc1cc(C)nc(SCc2ccc(C(=O)NNC(=O)CCc3nc(-c4ccccc4)no3)cc2)n1. The predicted octanol–water partition coefficient (Wildman–Crippen LogP) is 3.83. The Balaban J connectivity index is 1.21. The smallest absolute Gasteiger partial charge is 0.269 e. The Hall–Kier alpha value is -4.05. The van der Waals surface area contributed by atoms with E-state index in [0.29, 0.717) is 23.0 Å². The second-order valence-electron chi connectivity index (χ2n) is 7.80. The summed E-state index contributed by atoms with van der Waals surface area (Å²) in [6.07, 6.45) is 0.353. The molecule has 0 fully saturated rings. The van der Waals surface area contributed by atoms with Crippen molar-refractivity contribution in [3.63, 3.8) is 0 Å². The van der Waals surface area contributed by atoms with Crippen molar-refractivity contribution in [1.29, 1.82) is 0 Å². The molecule has 178 valence electrons. The van der Waals surface area contributed by atoms with Gasteiger partial charge in [0.25, 0.3) is 5.91 Å². The maximum absolute atomic E-state index is 12.4. The van der Waals surface area contributed by atoms with Crippen molar-refractivity contribution in [3.05, 3.63) is 89.1 Å². The maximum atomic E-state index is 12.4. The molecule has 2 aromatic heterocycles. The van der Waals surface area contributed by atoms with Gasteiger partial charge in [0.05, 0.1) is 0 Å². The summed E-state index contributed by atoms with van der Waals surface area (Å²) in [7, 11) is 0. The third-order valence-corrected chi connectivity index (χ3v) is 5.85. The summed E-state index contributed by atoms with van der Waals surface area (Å²) >= 11 is 1.54. The van der Waals surface area contributed by atoms with Crippen molar-refractivity contribution in [2.24, 2.45) is 0 Å². The Bertz CT molecular complexity index is 1290. The highest BCUT2D eigenvalue weighted by molar-refractivity contribution is 7.98. The lowest BCUT2D eigenvalue weighted by molar-refractivity contribution is -0.121. The number of carbonyl (C=O) groups excluding carboxylic acids is 2. The van der Waals surface area contributed by atoms with Crippen LogP contribution in [0.5, 0.6) is 0 Å². The Labute approximate surface area is 206 Å². The van der Waals surface area contributed by atoms with Crippen molar-refractivity contribution < 1.29 is 14.1 Å². The maximum Gasteiger partial charge on any atom is 0.269 e. The van der Waals surface area contributed by atoms with Crippen LogP contribution in [-0.2, 0) is 17.0 Å². The molecule has 0 atom stereocenters. The van der Waals surface area contributed by atoms with Gasteiger partial charge in [-0.05, 0) is 37.6 Å². The van der Waals surface area contributed by atoms with Gasteiger partial charge in [0.15, 0.2) is 5.16 Å². The molecule has 0 spiro atoms. The van der Waals surface area contributed by atoms with E-state index < -0.39 is 5.91 Å². The summed E-state index contributed by atoms with van der Waals surface area (Å²) < 4.78 is 5.20. The molecule has 35 heavy (non-hydrogen) atoms. The van der Waals surface area contributed by atoms with Crippen LogP contribution in [0.25, 0.3) is 11.4 Å². The highest BCUT2D eigenvalue weighted by Gasteiger charge is 2.12. The largest absolute Gasteiger partial charge is 0.339 e. The molecule has 0 aliphatic rings. The zero-order valence-electron chi connectivity index (χ0n) is 19.3.